The van der Waals surface area contributed by atoms with E-state index in [0.717, 1.165) is 12.8 Å². The van der Waals surface area contributed by atoms with Crippen molar-refractivity contribution in [3.8, 4) is 0 Å². The predicted molar refractivity (Wildman–Crippen MR) is 69.0 cm³/mol. The fourth-order valence-corrected chi connectivity index (χ4v) is 2.17. The van der Waals surface area contributed by atoms with Crippen molar-refractivity contribution in [2.45, 2.75) is 24.8 Å². The summed E-state index contributed by atoms with van der Waals surface area (Å²) >= 11 is 0. The molecule has 6 nitrogen and oxygen atoms in total. The summed E-state index contributed by atoms with van der Waals surface area (Å²) in [6.07, 6.45) is 3.46. The molecule has 1 saturated carbocycles. The fourth-order valence-electron chi connectivity index (χ4n) is 2.17. The lowest BCUT2D eigenvalue weighted by atomic mass is 9.75. The van der Waals surface area contributed by atoms with Crippen LogP contribution >= 0.6 is 0 Å². The summed E-state index contributed by atoms with van der Waals surface area (Å²) in [4.78, 5) is 14.1. The second-order valence-electron chi connectivity index (χ2n) is 5.00. The number of nitrogens with one attached hydrogen (secondary N) is 1. The molecule has 1 aliphatic carbocycles. The maximum Gasteiger partial charge on any atom is 0.271 e. The SMILES string of the molecule is CN(C)C1(CNC(=O)c2ccc(N)nn2)CCC1. The molecule has 98 valence electrons. The van der Waals surface area contributed by atoms with E-state index in [1.165, 1.54) is 6.42 Å². The van der Waals surface area contributed by atoms with Crippen LogP contribution in [-0.2, 0) is 0 Å². The number of amides is 1. The van der Waals surface area contributed by atoms with Crippen molar-refractivity contribution in [2.75, 3.05) is 26.4 Å². The lowest BCUT2D eigenvalue weighted by molar-refractivity contribution is 0.0556. The monoisotopic (exact) mass is 249 g/mol. The van der Waals surface area contributed by atoms with Gasteiger partial charge in [-0.1, -0.05) is 0 Å². The van der Waals surface area contributed by atoms with E-state index < -0.39 is 0 Å². The van der Waals surface area contributed by atoms with E-state index in [-0.39, 0.29) is 11.4 Å². The summed E-state index contributed by atoms with van der Waals surface area (Å²) in [5.74, 6) is 0.117. The molecule has 1 amide bonds. The van der Waals surface area contributed by atoms with Gasteiger partial charge in [0.05, 0.1) is 0 Å². The highest BCUT2D eigenvalue weighted by atomic mass is 16.1. The van der Waals surface area contributed by atoms with Crippen LogP contribution < -0.4 is 11.1 Å². The van der Waals surface area contributed by atoms with E-state index in [1.807, 2.05) is 14.1 Å². The van der Waals surface area contributed by atoms with Gasteiger partial charge in [-0.15, -0.1) is 10.2 Å². The Morgan fingerprint density at radius 1 is 1.44 bits per heavy atom. The van der Waals surface area contributed by atoms with E-state index in [1.54, 1.807) is 12.1 Å². The molecule has 0 radical (unpaired) electrons. The zero-order valence-electron chi connectivity index (χ0n) is 10.8. The molecular weight excluding hydrogens is 230 g/mol. The molecule has 18 heavy (non-hydrogen) atoms. The van der Waals surface area contributed by atoms with Gasteiger partial charge >= 0.3 is 0 Å². The molecule has 2 rings (SSSR count). The number of aromatic nitrogens is 2. The standard InChI is InChI=1S/C12H19N5O/c1-17(2)12(6-3-7-12)8-14-11(18)9-4-5-10(13)16-15-9/h4-5H,3,6-8H2,1-2H3,(H2,13,16)(H,14,18). The largest absolute Gasteiger partial charge is 0.382 e. The van der Waals surface area contributed by atoms with Gasteiger partial charge < -0.3 is 16.0 Å². The molecule has 1 fully saturated rings. The lowest BCUT2D eigenvalue weighted by Crippen LogP contribution is -2.57. The van der Waals surface area contributed by atoms with Crippen molar-refractivity contribution in [1.82, 2.24) is 20.4 Å². The molecule has 0 aliphatic heterocycles. The van der Waals surface area contributed by atoms with E-state index in [0.29, 0.717) is 18.1 Å². The molecule has 0 saturated heterocycles. The normalized spacial score (nSPS) is 17.3. The van der Waals surface area contributed by atoms with Gasteiger partial charge in [-0.25, -0.2) is 0 Å². The minimum Gasteiger partial charge on any atom is -0.382 e. The smallest absolute Gasteiger partial charge is 0.271 e. The average molecular weight is 249 g/mol. The van der Waals surface area contributed by atoms with Gasteiger partial charge in [0.2, 0.25) is 0 Å². The third-order valence-corrected chi connectivity index (χ3v) is 3.73. The summed E-state index contributed by atoms with van der Waals surface area (Å²) in [5, 5.41) is 10.4. The Labute approximate surface area is 107 Å². The van der Waals surface area contributed by atoms with Crippen molar-refractivity contribution in [3.05, 3.63) is 17.8 Å². The second-order valence-corrected chi connectivity index (χ2v) is 5.00. The predicted octanol–water partition coefficient (Wildman–Crippen LogP) is 0.273. The number of nitrogens with two attached hydrogens (primary N) is 1. The molecule has 1 aromatic rings. The fraction of sp³-hybridized carbons (Fsp3) is 0.583. The van der Waals surface area contributed by atoms with Crippen LogP contribution in [0.3, 0.4) is 0 Å². The first-order chi connectivity index (χ1) is 8.53. The molecule has 0 spiro atoms. The number of anilines is 1. The summed E-state index contributed by atoms with van der Waals surface area (Å²) in [6, 6.07) is 3.16. The van der Waals surface area contributed by atoms with Gasteiger partial charge in [-0.2, -0.15) is 0 Å². The van der Waals surface area contributed by atoms with Gasteiger partial charge in [0, 0.05) is 12.1 Å². The molecule has 1 aromatic heterocycles. The number of carbonyl (C=O) groups is 1. The number of hydrogen-bond donors (Lipinski definition) is 2. The third-order valence-electron chi connectivity index (χ3n) is 3.73. The Morgan fingerprint density at radius 3 is 2.61 bits per heavy atom. The third kappa shape index (κ3) is 2.43. The maximum atomic E-state index is 11.9. The first-order valence-corrected chi connectivity index (χ1v) is 6.08. The molecule has 3 N–H and O–H groups in total. The minimum atomic E-state index is -0.198. The number of likely N-dealkylation sites (N-methyl/N-ethyl adjacent to an activating group) is 1. The van der Waals surface area contributed by atoms with Crippen molar-refractivity contribution in [1.29, 1.82) is 0 Å². The molecule has 1 heterocycles. The highest BCUT2D eigenvalue weighted by Crippen LogP contribution is 2.35. The van der Waals surface area contributed by atoms with Gasteiger partial charge in [0.15, 0.2) is 5.69 Å². The summed E-state index contributed by atoms with van der Waals surface area (Å²) in [6.45, 7) is 0.644. The highest BCUT2D eigenvalue weighted by molar-refractivity contribution is 5.92. The minimum absolute atomic E-state index is 0.108. The molecule has 0 atom stereocenters. The van der Waals surface area contributed by atoms with Crippen LogP contribution in [0.15, 0.2) is 12.1 Å². The van der Waals surface area contributed by atoms with Crippen molar-refractivity contribution < 1.29 is 4.79 Å². The Kier molecular flexibility index (Phi) is 3.47. The zero-order valence-corrected chi connectivity index (χ0v) is 10.8. The highest BCUT2D eigenvalue weighted by Gasteiger charge is 2.39. The number of nitrogens with zero attached hydrogens (tertiary/aromatic N) is 3. The first-order valence-electron chi connectivity index (χ1n) is 6.08. The number of carbonyl (C=O) groups excluding carboxylic acids is 1. The van der Waals surface area contributed by atoms with E-state index in [9.17, 15) is 4.79 Å². The van der Waals surface area contributed by atoms with E-state index in [2.05, 4.69) is 20.4 Å². The molecular formula is C12H19N5O. The Balaban J connectivity index is 1.94. The molecule has 0 aromatic carbocycles. The molecule has 0 bridgehead atoms. The Hall–Kier alpha value is -1.69. The van der Waals surface area contributed by atoms with Crippen molar-refractivity contribution in [3.63, 3.8) is 0 Å². The van der Waals surface area contributed by atoms with Crippen LogP contribution in [-0.4, -0.2) is 47.2 Å². The van der Waals surface area contributed by atoms with Crippen LogP contribution in [0.25, 0.3) is 0 Å². The van der Waals surface area contributed by atoms with Crippen molar-refractivity contribution >= 4 is 11.7 Å². The summed E-state index contributed by atoms with van der Waals surface area (Å²) in [5.41, 5.74) is 5.84. The molecule has 6 heteroatoms. The lowest BCUT2D eigenvalue weighted by Gasteiger charge is -2.47. The van der Waals surface area contributed by atoms with Gasteiger partial charge in [0.25, 0.3) is 5.91 Å². The second kappa shape index (κ2) is 4.89. The summed E-state index contributed by atoms with van der Waals surface area (Å²) < 4.78 is 0. The van der Waals surface area contributed by atoms with Crippen LogP contribution in [0.2, 0.25) is 0 Å². The van der Waals surface area contributed by atoms with Crippen LogP contribution in [0, 0.1) is 0 Å². The first kappa shape index (κ1) is 12.8. The van der Waals surface area contributed by atoms with Crippen LogP contribution in [0.5, 0.6) is 0 Å². The van der Waals surface area contributed by atoms with E-state index in [4.69, 9.17) is 5.73 Å². The molecule has 1 aliphatic rings. The summed E-state index contributed by atoms with van der Waals surface area (Å²) in [7, 11) is 4.10. The Morgan fingerprint density at radius 2 is 2.17 bits per heavy atom. The number of rotatable bonds is 4. The topological polar surface area (TPSA) is 84.1 Å². The quantitative estimate of drug-likeness (QED) is 0.800. The van der Waals surface area contributed by atoms with Gasteiger partial charge in [-0.05, 0) is 45.5 Å². The average Bonchev–Trinajstić information content (AvgIpc) is 2.27. The zero-order chi connectivity index (χ0) is 13.2. The number of nitrogen functional groups attached to an aromatic ring is 1. The van der Waals surface area contributed by atoms with Crippen LogP contribution in [0.4, 0.5) is 5.82 Å². The van der Waals surface area contributed by atoms with Gasteiger partial charge in [0.1, 0.15) is 5.82 Å². The van der Waals surface area contributed by atoms with E-state index >= 15 is 0 Å². The van der Waals surface area contributed by atoms with Crippen LogP contribution in [0.1, 0.15) is 29.8 Å². The molecule has 0 unspecified atom stereocenters. The van der Waals surface area contributed by atoms with Crippen molar-refractivity contribution in [2.24, 2.45) is 0 Å². The van der Waals surface area contributed by atoms with Gasteiger partial charge in [-0.3, -0.25) is 4.79 Å². The maximum absolute atomic E-state index is 11.9. The number of hydrogen-bond acceptors (Lipinski definition) is 5. The Bertz CT molecular complexity index is 425.